The maximum absolute atomic E-state index is 13.7. The van der Waals surface area contributed by atoms with Crippen molar-refractivity contribution >= 4 is 33.5 Å². The monoisotopic (exact) mass is 355 g/mol. The quantitative estimate of drug-likeness (QED) is 0.660. The Labute approximate surface area is 115 Å². The molecule has 0 unspecified atom stereocenters. The van der Waals surface area contributed by atoms with E-state index in [0.29, 0.717) is 5.69 Å². The van der Waals surface area contributed by atoms with E-state index >= 15 is 0 Å². The van der Waals surface area contributed by atoms with Crippen LogP contribution < -0.4 is 0 Å². The van der Waals surface area contributed by atoms with Gasteiger partial charge in [-0.1, -0.05) is 6.07 Å². The fraction of sp³-hybridized carbons (Fsp3) is 0. The van der Waals surface area contributed by atoms with E-state index in [4.69, 9.17) is 0 Å². The molecule has 0 bridgehead atoms. The Bertz CT molecular complexity index is 721. The number of hydrogen-bond acceptors (Lipinski definition) is 3. The van der Waals surface area contributed by atoms with E-state index in [2.05, 4.69) is 37.8 Å². The summed E-state index contributed by atoms with van der Waals surface area (Å²) in [5.41, 5.74) is 1.27. The predicted molar refractivity (Wildman–Crippen MR) is 73.7 cm³/mol. The molecule has 4 nitrogen and oxygen atoms in total. The van der Waals surface area contributed by atoms with Crippen molar-refractivity contribution in [3.05, 3.63) is 40.0 Å². The van der Waals surface area contributed by atoms with Crippen LogP contribution in [0.1, 0.15) is 0 Å². The van der Waals surface area contributed by atoms with Gasteiger partial charge in [0.2, 0.25) is 0 Å². The molecule has 0 atom stereocenters. The van der Waals surface area contributed by atoms with Gasteiger partial charge in [0.15, 0.2) is 0 Å². The SMILES string of the molecule is Oc1cccc(F)c1-c1cc2c(I)n[nH]c2cn1. The third-order valence-corrected chi connectivity index (χ3v) is 3.47. The molecule has 1 aromatic carbocycles. The summed E-state index contributed by atoms with van der Waals surface area (Å²) in [7, 11) is 0. The van der Waals surface area contributed by atoms with E-state index in [1.165, 1.54) is 18.2 Å². The van der Waals surface area contributed by atoms with Crippen LogP contribution in [-0.4, -0.2) is 20.3 Å². The van der Waals surface area contributed by atoms with Crippen LogP contribution in [0.4, 0.5) is 4.39 Å². The first-order valence-corrected chi connectivity index (χ1v) is 6.22. The molecular formula is C12H7FIN3O. The molecule has 0 aliphatic carbocycles. The molecule has 18 heavy (non-hydrogen) atoms. The summed E-state index contributed by atoms with van der Waals surface area (Å²) in [6.07, 6.45) is 1.58. The number of hydrogen-bond donors (Lipinski definition) is 2. The van der Waals surface area contributed by atoms with Gasteiger partial charge in [-0.15, -0.1) is 0 Å². The first-order valence-electron chi connectivity index (χ1n) is 5.14. The minimum atomic E-state index is -0.500. The van der Waals surface area contributed by atoms with Gasteiger partial charge < -0.3 is 5.11 Å². The average Bonchev–Trinajstić information content (AvgIpc) is 2.71. The van der Waals surface area contributed by atoms with Crippen LogP contribution in [0, 0.1) is 9.52 Å². The van der Waals surface area contributed by atoms with Gasteiger partial charge in [0.05, 0.1) is 23.0 Å². The third-order valence-electron chi connectivity index (χ3n) is 2.65. The maximum Gasteiger partial charge on any atom is 0.136 e. The van der Waals surface area contributed by atoms with Gasteiger partial charge in [0.1, 0.15) is 15.3 Å². The van der Waals surface area contributed by atoms with Gasteiger partial charge in [-0.2, -0.15) is 5.10 Å². The number of aromatic nitrogens is 3. The number of pyridine rings is 1. The molecular weight excluding hydrogens is 348 g/mol. The largest absolute Gasteiger partial charge is 0.507 e. The van der Waals surface area contributed by atoms with Crippen LogP contribution in [0.2, 0.25) is 0 Å². The summed E-state index contributed by atoms with van der Waals surface area (Å²) in [5.74, 6) is -0.624. The first kappa shape index (κ1) is 11.4. The lowest BCUT2D eigenvalue weighted by Gasteiger charge is -2.05. The number of rotatable bonds is 1. The minimum Gasteiger partial charge on any atom is -0.507 e. The first-order chi connectivity index (χ1) is 8.66. The molecule has 0 radical (unpaired) electrons. The van der Waals surface area contributed by atoms with Crippen molar-refractivity contribution in [3.8, 4) is 17.0 Å². The maximum atomic E-state index is 13.7. The zero-order valence-electron chi connectivity index (χ0n) is 8.98. The van der Waals surface area contributed by atoms with Crippen LogP contribution in [-0.2, 0) is 0 Å². The Balaban J connectivity index is 2.28. The second kappa shape index (κ2) is 4.20. The smallest absolute Gasteiger partial charge is 0.136 e. The number of nitrogens with one attached hydrogen (secondary N) is 1. The highest BCUT2D eigenvalue weighted by molar-refractivity contribution is 14.1. The van der Waals surface area contributed by atoms with E-state index in [1.807, 2.05) is 0 Å². The molecule has 2 heterocycles. The predicted octanol–water partition coefficient (Wildman–Crippen LogP) is 3.07. The molecule has 0 fully saturated rings. The van der Waals surface area contributed by atoms with Crippen LogP contribution in [0.3, 0.4) is 0 Å². The highest BCUT2D eigenvalue weighted by atomic mass is 127. The van der Waals surface area contributed by atoms with Crippen molar-refractivity contribution in [2.75, 3.05) is 0 Å². The van der Waals surface area contributed by atoms with Crippen molar-refractivity contribution in [2.45, 2.75) is 0 Å². The van der Waals surface area contributed by atoms with Gasteiger partial charge in [-0.05, 0) is 40.8 Å². The standard InChI is InChI=1S/C12H7FIN3O/c13-7-2-1-3-10(18)11(7)8-4-6-9(5-15-8)16-17-12(6)14/h1-5,18H,(H,16,17). The summed E-state index contributed by atoms with van der Waals surface area (Å²) in [5, 5.41) is 17.4. The molecule has 0 saturated carbocycles. The Hall–Kier alpha value is -1.70. The molecule has 0 saturated heterocycles. The molecule has 3 rings (SSSR count). The van der Waals surface area contributed by atoms with Crippen molar-refractivity contribution in [2.24, 2.45) is 0 Å². The zero-order chi connectivity index (χ0) is 12.7. The topological polar surface area (TPSA) is 61.8 Å². The Morgan fingerprint density at radius 3 is 2.94 bits per heavy atom. The second-order valence-corrected chi connectivity index (χ2v) is 4.79. The molecule has 3 aromatic rings. The highest BCUT2D eigenvalue weighted by Crippen LogP contribution is 2.32. The summed E-state index contributed by atoms with van der Waals surface area (Å²) < 4.78 is 14.5. The number of phenolic OH excluding ortho intramolecular Hbond substituents is 1. The third kappa shape index (κ3) is 1.72. The normalized spacial score (nSPS) is 11.0. The molecule has 0 amide bonds. The Kier molecular flexibility index (Phi) is 2.66. The van der Waals surface area contributed by atoms with Crippen LogP contribution in [0.25, 0.3) is 22.2 Å². The summed E-state index contributed by atoms with van der Waals surface area (Å²) in [6.45, 7) is 0. The number of phenols is 1. The molecule has 90 valence electrons. The van der Waals surface area contributed by atoms with Crippen LogP contribution in [0.5, 0.6) is 5.75 Å². The van der Waals surface area contributed by atoms with Crippen molar-refractivity contribution < 1.29 is 9.50 Å². The number of benzene rings is 1. The molecule has 2 aromatic heterocycles. The fourth-order valence-electron chi connectivity index (χ4n) is 1.79. The Morgan fingerprint density at radius 1 is 1.33 bits per heavy atom. The summed E-state index contributed by atoms with van der Waals surface area (Å²) >= 11 is 2.08. The van der Waals surface area contributed by atoms with Crippen LogP contribution in [0.15, 0.2) is 30.5 Å². The average molecular weight is 355 g/mol. The van der Waals surface area contributed by atoms with E-state index in [9.17, 15) is 9.50 Å². The van der Waals surface area contributed by atoms with Gasteiger partial charge in [0.25, 0.3) is 0 Å². The number of H-pyrrole nitrogens is 1. The highest BCUT2D eigenvalue weighted by Gasteiger charge is 2.13. The van der Waals surface area contributed by atoms with Gasteiger partial charge in [-0.3, -0.25) is 10.1 Å². The zero-order valence-corrected chi connectivity index (χ0v) is 11.1. The van der Waals surface area contributed by atoms with Gasteiger partial charge >= 0.3 is 0 Å². The lowest BCUT2D eigenvalue weighted by molar-refractivity contribution is 0.471. The number of nitrogens with zero attached hydrogens (tertiary/aromatic N) is 2. The van der Waals surface area contributed by atoms with Gasteiger partial charge in [-0.25, -0.2) is 4.39 Å². The Morgan fingerprint density at radius 2 is 2.17 bits per heavy atom. The molecule has 0 aliphatic heterocycles. The van der Waals surface area contributed by atoms with Crippen molar-refractivity contribution in [3.63, 3.8) is 0 Å². The molecule has 2 N–H and O–H groups in total. The van der Waals surface area contributed by atoms with E-state index < -0.39 is 5.82 Å². The summed E-state index contributed by atoms with van der Waals surface area (Å²) in [4.78, 5) is 4.14. The molecule has 0 spiro atoms. The van der Waals surface area contributed by atoms with E-state index in [1.54, 1.807) is 12.3 Å². The summed E-state index contributed by atoms with van der Waals surface area (Å²) in [6, 6.07) is 5.89. The molecule has 6 heteroatoms. The number of aromatic amines is 1. The number of halogens is 2. The molecule has 0 aliphatic rings. The lowest BCUT2D eigenvalue weighted by Crippen LogP contribution is -1.88. The van der Waals surface area contributed by atoms with E-state index in [0.717, 1.165) is 14.6 Å². The van der Waals surface area contributed by atoms with Crippen LogP contribution >= 0.6 is 22.6 Å². The lowest BCUT2D eigenvalue weighted by atomic mass is 10.1. The van der Waals surface area contributed by atoms with Gasteiger partial charge in [0, 0.05) is 5.39 Å². The fourth-order valence-corrected chi connectivity index (χ4v) is 2.35. The second-order valence-electron chi connectivity index (χ2n) is 3.76. The minimum absolute atomic E-state index is 0.108. The number of fused-ring (bicyclic) bond motifs is 1. The van der Waals surface area contributed by atoms with Crippen molar-refractivity contribution in [1.82, 2.24) is 15.2 Å². The van der Waals surface area contributed by atoms with Crippen molar-refractivity contribution in [1.29, 1.82) is 0 Å². The van der Waals surface area contributed by atoms with E-state index in [-0.39, 0.29) is 11.3 Å². The number of aromatic hydroxyl groups is 1.